The summed E-state index contributed by atoms with van der Waals surface area (Å²) in [5.41, 5.74) is 3.78. The Labute approximate surface area is 118 Å². The van der Waals surface area contributed by atoms with Gasteiger partial charge in [-0.3, -0.25) is 4.57 Å². The monoisotopic (exact) mass is 298 g/mol. The van der Waals surface area contributed by atoms with E-state index in [1.165, 1.54) is 10.9 Å². The van der Waals surface area contributed by atoms with Crippen LogP contribution in [-0.2, 0) is 4.74 Å². The molecule has 1 aliphatic rings. The molecule has 0 bridgehead atoms. The molecule has 1 fully saturated rings. The van der Waals surface area contributed by atoms with Crippen LogP contribution in [0.25, 0.3) is 11.2 Å². The van der Waals surface area contributed by atoms with E-state index in [0.29, 0.717) is 11.3 Å². The Morgan fingerprint density at radius 1 is 1.52 bits per heavy atom. The van der Waals surface area contributed by atoms with E-state index in [1.807, 2.05) is 0 Å². The van der Waals surface area contributed by atoms with Crippen molar-refractivity contribution in [2.24, 2.45) is 0 Å². The van der Waals surface area contributed by atoms with E-state index in [2.05, 4.69) is 20.3 Å². The summed E-state index contributed by atoms with van der Waals surface area (Å²) in [6.07, 6.45) is 0.000260. The Hall–Kier alpha value is -2.04. The topological polar surface area (TPSA) is 131 Å². The Balaban J connectivity index is 2.17. The fourth-order valence-electron chi connectivity index (χ4n) is 2.31. The summed E-state index contributed by atoms with van der Waals surface area (Å²) >= 11 is 0. The molecule has 0 amide bonds. The molecule has 0 saturated carbocycles. The number of ether oxygens (including phenoxy) is 1. The predicted octanol–water partition coefficient (Wildman–Crippen LogP) is -0.612. The number of hydrogen-bond donors (Lipinski definition) is 4. The molecule has 0 spiro atoms. The van der Waals surface area contributed by atoms with E-state index in [0.717, 1.165) is 6.92 Å². The molecule has 9 nitrogen and oxygen atoms in total. The summed E-state index contributed by atoms with van der Waals surface area (Å²) < 4.78 is 21.1. The molecule has 0 unspecified atom stereocenters. The van der Waals surface area contributed by atoms with Crippen molar-refractivity contribution in [1.82, 2.24) is 19.5 Å². The van der Waals surface area contributed by atoms with Crippen LogP contribution in [0.2, 0.25) is 0 Å². The lowest BCUT2D eigenvalue weighted by Gasteiger charge is -2.29. The first kappa shape index (κ1) is 13.9. The van der Waals surface area contributed by atoms with Crippen LogP contribution in [0.1, 0.15) is 13.2 Å². The largest absolute Gasteiger partial charge is 0.371 e. The molecule has 2 atom stereocenters. The van der Waals surface area contributed by atoms with E-state index in [1.54, 1.807) is 7.05 Å². The first-order valence-electron chi connectivity index (χ1n) is 6.21. The summed E-state index contributed by atoms with van der Waals surface area (Å²) in [5, 5.41) is 22.2. The minimum atomic E-state index is -2.60. The minimum Gasteiger partial charge on any atom is -0.371 e. The summed E-state index contributed by atoms with van der Waals surface area (Å²) in [6.45, 7) is 0.476. The number of aromatic nitrogens is 4. The standard InChI is InChI=1S/C11H15FN6O3/c1-10(12)8(21-3-11(10,19)20)18-4-15-5-6(14-2)16-9(13)17-7(5)18/h4,8,19-20H,3H2,1-2H3,(H3,13,14,16,17)/t8-,10-/m1/s1. The normalized spacial score (nSPS) is 28.1. The van der Waals surface area contributed by atoms with Crippen molar-refractivity contribution in [2.75, 3.05) is 24.7 Å². The van der Waals surface area contributed by atoms with Gasteiger partial charge in [-0.1, -0.05) is 0 Å². The second-order valence-corrected chi connectivity index (χ2v) is 5.06. The van der Waals surface area contributed by atoms with Crippen molar-refractivity contribution in [1.29, 1.82) is 0 Å². The fourth-order valence-corrected chi connectivity index (χ4v) is 2.31. The lowest BCUT2D eigenvalue weighted by molar-refractivity contribution is -0.224. The summed E-state index contributed by atoms with van der Waals surface area (Å²) in [6, 6.07) is 0. The van der Waals surface area contributed by atoms with E-state index in [4.69, 9.17) is 10.5 Å². The molecule has 2 aromatic rings. The highest BCUT2D eigenvalue weighted by molar-refractivity contribution is 5.84. The summed E-state index contributed by atoms with van der Waals surface area (Å²) in [5.74, 6) is -2.24. The van der Waals surface area contributed by atoms with Gasteiger partial charge >= 0.3 is 0 Å². The number of nitrogens with zero attached hydrogens (tertiary/aromatic N) is 4. The van der Waals surface area contributed by atoms with Gasteiger partial charge in [0.2, 0.25) is 17.4 Å². The van der Waals surface area contributed by atoms with Crippen LogP contribution in [0.3, 0.4) is 0 Å². The van der Waals surface area contributed by atoms with Crippen molar-refractivity contribution in [2.45, 2.75) is 24.6 Å². The average Bonchev–Trinajstić information content (AvgIpc) is 2.89. The third-order valence-corrected chi connectivity index (χ3v) is 3.62. The maximum absolute atomic E-state index is 14.7. The molecule has 114 valence electrons. The van der Waals surface area contributed by atoms with Gasteiger partial charge in [0.1, 0.15) is 6.61 Å². The van der Waals surface area contributed by atoms with Crippen LogP contribution in [0, 0.1) is 0 Å². The maximum Gasteiger partial charge on any atom is 0.226 e. The van der Waals surface area contributed by atoms with Crippen LogP contribution in [-0.4, -0.2) is 54.8 Å². The highest BCUT2D eigenvalue weighted by atomic mass is 19.1. The predicted molar refractivity (Wildman–Crippen MR) is 71.0 cm³/mol. The lowest BCUT2D eigenvalue weighted by Crippen LogP contribution is -2.49. The van der Waals surface area contributed by atoms with Crippen LogP contribution < -0.4 is 11.1 Å². The number of rotatable bonds is 2. The number of fused-ring (bicyclic) bond motifs is 1. The van der Waals surface area contributed by atoms with Crippen molar-refractivity contribution in [3.63, 3.8) is 0 Å². The molecule has 0 radical (unpaired) electrons. The zero-order chi connectivity index (χ0) is 15.4. The molecule has 5 N–H and O–H groups in total. The van der Waals surface area contributed by atoms with Crippen molar-refractivity contribution >= 4 is 22.9 Å². The fraction of sp³-hybridized carbons (Fsp3) is 0.545. The first-order chi connectivity index (χ1) is 9.78. The molecule has 3 heterocycles. The second kappa shape index (κ2) is 4.23. The van der Waals surface area contributed by atoms with Crippen LogP contribution >= 0.6 is 0 Å². The number of nitrogens with two attached hydrogens (primary N) is 1. The third kappa shape index (κ3) is 1.83. The van der Waals surface area contributed by atoms with Gasteiger partial charge in [0.05, 0.1) is 6.33 Å². The van der Waals surface area contributed by atoms with E-state index >= 15 is 0 Å². The molecule has 3 rings (SSSR count). The smallest absolute Gasteiger partial charge is 0.226 e. The number of halogens is 1. The number of hydrogen-bond acceptors (Lipinski definition) is 8. The van der Waals surface area contributed by atoms with E-state index in [9.17, 15) is 14.6 Å². The highest BCUT2D eigenvalue weighted by Gasteiger charge is 2.60. The molecule has 1 aliphatic heterocycles. The highest BCUT2D eigenvalue weighted by Crippen LogP contribution is 2.44. The number of imidazole rings is 1. The zero-order valence-electron chi connectivity index (χ0n) is 11.4. The van der Waals surface area contributed by atoms with Gasteiger partial charge < -0.3 is 26.0 Å². The van der Waals surface area contributed by atoms with Gasteiger partial charge in [-0.25, -0.2) is 9.37 Å². The second-order valence-electron chi connectivity index (χ2n) is 5.06. The molecular weight excluding hydrogens is 283 g/mol. The third-order valence-electron chi connectivity index (χ3n) is 3.62. The van der Waals surface area contributed by atoms with Gasteiger partial charge in [-0.15, -0.1) is 0 Å². The summed E-state index contributed by atoms with van der Waals surface area (Å²) in [4.78, 5) is 12.1. The van der Waals surface area contributed by atoms with Gasteiger partial charge in [0, 0.05) is 7.05 Å². The number of nitrogen functional groups attached to an aromatic ring is 1. The van der Waals surface area contributed by atoms with Gasteiger partial charge in [0.25, 0.3) is 0 Å². The van der Waals surface area contributed by atoms with Crippen LogP contribution in [0.15, 0.2) is 6.33 Å². The Kier molecular flexibility index (Phi) is 2.80. The number of anilines is 2. The molecular formula is C11H15FN6O3. The zero-order valence-corrected chi connectivity index (χ0v) is 11.4. The summed E-state index contributed by atoms with van der Waals surface area (Å²) in [7, 11) is 1.64. The van der Waals surface area contributed by atoms with Crippen molar-refractivity contribution < 1.29 is 19.3 Å². The molecule has 10 heteroatoms. The molecule has 1 saturated heterocycles. The average molecular weight is 298 g/mol. The van der Waals surface area contributed by atoms with Crippen LogP contribution in [0.5, 0.6) is 0 Å². The lowest BCUT2D eigenvalue weighted by atomic mass is 9.99. The molecule has 0 aliphatic carbocycles. The quantitative estimate of drug-likeness (QED) is 0.540. The number of aliphatic hydroxyl groups is 2. The SMILES string of the molecule is CNc1nc(N)nc2c1ncn2[C@@H]1OCC(O)(O)[C@]1(C)F. The first-order valence-corrected chi connectivity index (χ1v) is 6.21. The van der Waals surface area contributed by atoms with Gasteiger partial charge in [-0.05, 0) is 6.92 Å². The minimum absolute atomic E-state index is 0.0218. The Morgan fingerprint density at radius 2 is 2.24 bits per heavy atom. The maximum atomic E-state index is 14.7. The number of nitrogens with one attached hydrogen (secondary N) is 1. The van der Waals surface area contributed by atoms with Gasteiger partial charge in [-0.2, -0.15) is 9.97 Å². The van der Waals surface area contributed by atoms with Crippen molar-refractivity contribution in [3.05, 3.63) is 6.33 Å². The molecule has 2 aromatic heterocycles. The molecule has 21 heavy (non-hydrogen) atoms. The van der Waals surface area contributed by atoms with Crippen molar-refractivity contribution in [3.8, 4) is 0 Å². The van der Waals surface area contributed by atoms with E-state index in [-0.39, 0.29) is 11.6 Å². The van der Waals surface area contributed by atoms with Crippen LogP contribution in [0.4, 0.5) is 16.2 Å². The Bertz CT molecular complexity index is 701. The van der Waals surface area contributed by atoms with Gasteiger partial charge in [0.15, 0.2) is 23.2 Å². The van der Waals surface area contributed by atoms with E-state index < -0.39 is 24.3 Å². The Morgan fingerprint density at radius 3 is 2.81 bits per heavy atom. The molecule has 0 aromatic carbocycles. The number of alkyl halides is 1.